The summed E-state index contributed by atoms with van der Waals surface area (Å²) in [6.07, 6.45) is 3.90. The molecule has 0 unspecified atom stereocenters. The summed E-state index contributed by atoms with van der Waals surface area (Å²) >= 11 is 0. The van der Waals surface area contributed by atoms with Gasteiger partial charge in [-0.3, -0.25) is 0 Å². The fourth-order valence-electron chi connectivity index (χ4n) is 2.26. The summed E-state index contributed by atoms with van der Waals surface area (Å²) in [6, 6.07) is 14.6. The number of aryl methyl sites for hydroxylation is 1. The first-order chi connectivity index (χ1) is 9.34. The van der Waals surface area contributed by atoms with Crippen molar-refractivity contribution in [3.63, 3.8) is 0 Å². The molecule has 0 aliphatic rings. The highest BCUT2D eigenvalue weighted by molar-refractivity contribution is 5.53. The molecule has 0 saturated carbocycles. The van der Waals surface area contributed by atoms with Crippen LogP contribution in [0.2, 0.25) is 0 Å². The second kappa shape index (κ2) is 5.24. The first kappa shape index (κ1) is 11.9. The molecule has 2 heterocycles. The van der Waals surface area contributed by atoms with Crippen LogP contribution in [0.5, 0.6) is 0 Å². The summed E-state index contributed by atoms with van der Waals surface area (Å²) in [4.78, 5) is 0. The average molecular weight is 251 g/mol. The van der Waals surface area contributed by atoms with Crippen molar-refractivity contribution in [2.75, 3.05) is 0 Å². The van der Waals surface area contributed by atoms with Gasteiger partial charge in [0.1, 0.15) is 0 Å². The van der Waals surface area contributed by atoms with Crippen molar-refractivity contribution in [2.45, 2.75) is 20.0 Å². The third-order valence-corrected chi connectivity index (χ3v) is 3.40. The van der Waals surface area contributed by atoms with Crippen LogP contribution in [0, 0.1) is 6.92 Å². The lowest BCUT2D eigenvalue weighted by Gasteiger charge is -2.06. The molecule has 0 spiro atoms. The Labute approximate surface area is 112 Å². The Morgan fingerprint density at radius 2 is 1.79 bits per heavy atom. The summed E-state index contributed by atoms with van der Waals surface area (Å²) in [6.45, 7) is 3.87. The Balaban J connectivity index is 1.68. The second-order valence-corrected chi connectivity index (χ2v) is 4.73. The van der Waals surface area contributed by atoms with Crippen LogP contribution in [0.4, 0.5) is 0 Å². The number of pyridine rings is 1. The Morgan fingerprint density at radius 1 is 1.00 bits per heavy atom. The van der Waals surface area contributed by atoms with Crippen LogP contribution < -0.4 is 5.32 Å². The van der Waals surface area contributed by atoms with Gasteiger partial charge in [0.05, 0.1) is 11.7 Å². The van der Waals surface area contributed by atoms with Gasteiger partial charge in [-0.15, -0.1) is 0 Å². The number of nitrogens with zero attached hydrogens (tertiary/aromatic N) is 2. The fourth-order valence-corrected chi connectivity index (χ4v) is 2.26. The monoisotopic (exact) mass is 251 g/mol. The van der Waals surface area contributed by atoms with Gasteiger partial charge in [0, 0.05) is 24.8 Å². The summed E-state index contributed by atoms with van der Waals surface area (Å²) in [5.41, 5.74) is 5.07. The van der Waals surface area contributed by atoms with E-state index in [2.05, 4.69) is 47.7 Å². The number of nitrogens with one attached hydrogen (secondary N) is 1. The molecule has 1 N–H and O–H groups in total. The maximum atomic E-state index is 4.34. The van der Waals surface area contributed by atoms with Crippen molar-refractivity contribution in [3.05, 3.63) is 71.5 Å². The van der Waals surface area contributed by atoms with Gasteiger partial charge in [-0.25, -0.2) is 4.52 Å². The number of rotatable bonds is 4. The van der Waals surface area contributed by atoms with E-state index in [4.69, 9.17) is 0 Å². The molecule has 3 aromatic rings. The third kappa shape index (κ3) is 2.51. The number of benzene rings is 1. The summed E-state index contributed by atoms with van der Waals surface area (Å²) in [7, 11) is 0. The Morgan fingerprint density at radius 3 is 2.68 bits per heavy atom. The average Bonchev–Trinajstić information content (AvgIpc) is 2.85. The van der Waals surface area contributed by atoms with E-state index in [-0.39, 0.29) is 0 Å². The Kier molecular flexibility index (Phi) is 3.29. The zero-order valence-electron chi connectivity index (χ0n) is 11.0. The molecular weight excluding hydrogens is 234 g/mol. The highest BCUT2D eigenvalue weighted by Crippen LogP contribution is 2.10. The van der Waals surface area contributed by atoms with Crippen LogP contribution in [0.15, 0.2) is 54.9 Å². The normalized spacial score (nSPS) is 11.0. The van der Waals surface area contributed by atoms with Crippen molar-refractivity contribution in [2.24, 2.45) is 0 Å². The van der Waals surface area contributed by atoms with Gasteiger partial charge in [0.25, 0.3) is 0 Å². The lowest BCUT2D eigenvalue weighted by molar-refractivity contribution is 0.693. The number of aromatic nitrogens is 2. The van der Waals surface area contributed by atoms with Gasteiger partial charge in [-0.2, -0.15) is 5.10 Å². The van der Waals surface area contributed by atoms with E-state index in [0.29, 0.717) is 0 Å². The first-order valence-electron chi connectivity index (χ1n) is 6.51. The Bertz CT molecular complexity index is 685. The molecule has 3 heteroatoms. The van der Waals surface area contributed by atoms with Crippen molar-refractivity contribution in [3.8, 4) is 0 Å². The largest absolute Gasteiger partial charge is 0.308 e. The lowest BCUT2D eigenvalue weighted by atomic mass is 10.1. The topological polar surface area (TPSA) is 29.3 Å². The van der Waals surface area contributed by atoms with Crippen molar-refractivity contribution in [1.82, 2.24) is 14.9 Å². The van der Waals surface area contributed by atoms with Gasteiger partial charge in [-0.05, 0) is 30.2 Å². The second-order valence-electron chi connectivity index (χ2n) is 4.73. The van der Waals surface area contributed by atoms with Crippen LogP contribution in [0.25, 0.3) is 5.52 Å². The van der Waals surface area contributed by atoms with Gasteiger partial charge >= 0.3 is 0 Å². The van der Waals surface area contributed by atoms with E-state index < -0.39 is 0 Å². The third-order valence-electron chi connectivity index (χ3n) is 3.40. The van der Waals surface area contributed by atoms with Crippen molar-refractivity contribution >= 4 is 5.52 Å². The van der Waals surface area contributed by atoms with Crippen molar-refractivity contribution in [1.29, 1.82) is 0 Å². The predicted molar refractivity (Wildman–Crippen MR) is 76.9 cm³/mol. The summed E-state index contributed by atoms with van der Waals surface area (Å²) < 4.78 is 1.91. The molecule has 0 saturated heterocycles. The van der Waals surface area contributed by atoms with E-state index in [1.807, 2.05) is 29.0 Å². The van der Waals surface area contributed by atoms with E-state index in [1.54, 1.807) is 0 Å². The van der Waals surface area contributed by atoms with Gasteiger partial charge in [0.15, 0.2) is 0 Å². The number of fused-ring (bicyclic) bond motifs is 1. The summed E-state index contributed by atoms with van der Waals surface area (Å²) in [5.74, 6) is 0. The zero-order chi connectivity index (χ0) is 13.1. The van der Waals surface area contributed by atoms with Gasteiger partial charge < -0.3 is 5.32 Å². The molecule has 96 valence electrons. The summed E-state index contributed by atoms with van der Waals surface area (Å²) in [5, 5.41) is 7.82. The molecule has 0 aliphatic heterocycles. The molecule has 3 rings (SSSR count). The molecule has 19 heavy (non-hydrogen) atoms. The number of hydrogen-bond acceptors (Lipinski definition) is 2. The number of hydrogen-bond donors (Lipinski definition) is 1. The predicted octanol–water partition coefficient (Wildman–Crippen LogP) is 2.93. The maximum Gasteiger partial charge on any atom is 0.0706 e. The minimum Gasteiger partial charge on any atom is -0.308 e. The molecule has 0 bridgehead atoms. The molecular formula is C16H17N3. The SMILES string of the molecule is Cc1ccccc1CNCc1cnn2ccccc12. The van der Waals surface area contributed by atoms with Crippen LogP contribution in [0.3, 0.4) is 0 Å². The van der Waals surface area contributed by atoms with Gasteiger partial charge in [-0.1, -0.05) is 30.3 Å². The molecule has 1 aromatic carbocycles. The lowest BCUT2D eigenvalue weighted by Crippen LogP contribution is -2.13. The van der Waals surface area contributed by atoms with Crippen molar-refractivity contribution < 1.29 is 0 Å². The van der Waals surface area contributed by atoms with Crippen LogP contribution in [-0.4, -0.2) is 9.61 Å². The van der Waals surface area contributed by atoms with E-state index in [1.165, 1.54) is 22.2 Å². The molecule has 0 fully saturated rings. The minimum absolute atomic E-state index is 0.835. The molecule has 2 aromatic heterocycles. The zero-order valence-corrected chi connectivity index (χ0v) is 11.0. The highest BCUT2D eigenvalue weighted by Gasteiger charge is 2.03. The fraction of sp³-hybridized carbons (Fsp3) is 0.188. The highest BCUT2D eigenvalue weighted by atomic mass is 15.2. The van der Waals surface area contributed by atoms with Gasteiger partial charge in [0.2, 0.25) is 0 Å². The molecule has 0 atom stereocenters. The van der Waals surface area contributed by atoms with E-state index >= 15 is 0 Å². The van der Waals surface area contributed by atoms with Crippen LogP contribution in [-0.2, 0) is 13.1 Å². The van der Waals surface area contributed by atoms with Crippen LogP contribution in [0.1, 0.15) is 16.7 Å². The molecule has 0 radical (unpaired) electrons. The quantitative estimate of drug-likeness (QED) is 0.772. The smallest absolute Gasteiger partial charge is 0.0706 e. The first-order valence-corrected chi connectivity index (χ1v) is 6.51. The molecule has 0 aliphatic carbocycles. The van der Waals surface area contributed by atoms with Crippen LogP contribution >= 0.6 is 0 Å². The minimum atomic E-state index is 0.835. The molecule has 3 nitrogen and oxygen atoms in total. The maximum absolute atomic E-state index is 4.34. The van der Waals surface area contributed by atoms with E-state index in [0.717, 1.165) is 13.1 Å². The standard InChI is InChI=1S/C16H17N3/c1-13-6-2-3-7-14(13)10-17-11-15-12-18-19-9-5-4-8-16(15)19/h2-9,12,17H,10-11H2,1H3. The molecule has 0 amide bonds. The Hall–Kier alpha value is -2.13. The van der Waals surface area contributed by atoms with E-state index in [9.17, 15) is 0 Å².